The van der Waals surface area contributed by atoms with Gasteiger partial charge in [-0.2, -0.15) is 0 Å². The van der Waals surface area contributed by atoms with E-state index >= 15 is 0 Å². The number of rotatable bonds is 7. The van der Waals surface area contributed by atoms with Crippen molar-refractivity contribution in [3.8, 4) is 0 Å². The second kappa shape index (κ2) is 8.49. The number of primary amides is 1. The maximum absolute atomic E-state index is 12.1. The molecular formula is C22H21N5O3S. The zero-order valence-corrected chi connectivity index (χ0v) is 17.3. The second-order valence-electron chi connectivity index (χ2n) is 6.94. The highest BCUT2D eigenvalue weighted by atomic mass is 32.2. The van der Waals surface area contributed by atoms with Crippen molar-refractivity contribution in [2.45, 2.75) is 0 Å². The number of hydrogen-bond donors (Lipinski definition) is 4. The van der Waals surface area contributed by atoms with Gasteiger partial charge in [0, 0.05) is 28.7 Å². The van der Waals surface area contributed by atoms with Crippen LogP contribution in [0.3, 0.4) is 0 Å². The number of nitrogens with one attached hydrogen (secondary N) is 3. The van der Waals surface area contributed by atoms with Crippen molar-refractivity contribution in [2.75, 3.05) is 22.3 Å². The Labute approximate surface area is 179 Å². The van der Waals surface area contributed by atoms with Crippen LogP contribution in [0.1, 0.15) is 0 Å². The van der Waals surface area contributed by atoms with Gasteiger partial charge in [-0.3, -0.25) is 4.72 Å². The van der Waals surface area contributed by atoms with Crippen LogP contribution in [-0.2, 0) is 10.0 Å². The van der Waals surface area contributed by atoms with E-state index in [2.05, 4.69) is 15.4 Å². The first-order chi connectivity index (χ1) is 14.9. The molecule has 0 fully saturated rings. The van der Waals surface area contributed by atoms with E-state index in [9.17, 15) is 13.2 Å². The van der Waals surface area contributed by atoms with Crippen molar-refractivity contribution in [3.63, 3.8) is 0 Å². The van der Waals surface area contributed by atoms with Crippen LogP contribution in [0.2, 0.25) is 0 Å². The number of urea groups is 1. The Kier molecular flexibility index (Phi) is 5.59. The normalized spacial score (nSPS) is 11.4. The van der Waals surface area contributed by atoms with Crippen molar-refractivity contribution < 1.29 is 13.2 Å². The van der Waals surface area contributed by atoms with E-state index in [1.54, 1.807) is 24.3 Å². The summed E-state index contributed by atoms with van der Waals surface area (Å²) in [6, 6.07) is 22.0. The Morgan fingerprint density at radius 2 is 1.39 bits per heavy atom. The summed E-state index contributed by atoms with van der Waals surface area (Å²) in [6.45, 7) is -0.0630. The first-order valence-corrected chi connectivity index (χ1v) is 11.2. The van der Waals surface area contributed by atoms with Crippen LogP contribution in [0, 0.1) is 0 Å². The average molecular weight is 436 g/mol. The minimum atomic E-state index is -3.61. The lowest BCUT2D eigenvalue weighted by molar-refractivity contribution is 0.249. The third-order valence-electron chi connectivity index (χ3n) is 4.69. The Bertz CT molecular complexity index is 1300. The Balaban J connectivity index is 1.57. The highest BCUT2D eigenvalue weighted by Crippen LogP contribution is 2.33. The number of nitrogens with zero attached hydrogens (tertiary/aromatic N) is 1. The van der Waals surface area contributed by atoms with Gasteiger partial charge in [-0.15, -0.1) is 0 Å². The smallest absolute Gasteiger partial charge is 0.312 e. The average Bonchev–Trinajstić information content (AvgIpc) is 2.74. The molecule has 2 amide bonds. The first-order valence-electron chi connectivity index (χ1n) is 9.60. The molecule has 4 aromatic rings. The van der Waals surface area contributed by atoms with Gasteiger partial charge in [-0.25, -0.2) is 18.2 Å². The van der Waals surface area contributed by atoms with E-state index in [0.29, 0.717) is 5.69 Å². The van der Waals surface area contributed by atoms with E-state index < -0.39 is 16.1 Å². The summed E-state index contributed by atoms with van der Waals surface area (Å²) in [5.74, 6) is -0.273. The summed E-state index contributed by atoms with van der Waals surface area (Å²) >= 11 is 0. The zero-order chi connectivity index (χ0) is 21.8. The van der Waals surface area contributed by atoms with Gasteiger partial charge < -0.3 is 16.4 Å². The molecule has 0 aliphatic carbocycles. The molecule has 0 saturated carbocycles. The van der Waals surface area contributed by atoms with E-state index in [-0.39, 0.29) is 12.3 Å². The predicted molar refractivity (Wildman–Crippen MR) is 124 cm³/mol. The summed E-state index contributed by atoms with van der Waals surface area (Å²) in [7, 11) is -3.61. The van der Waals surface area contributed by atoms with Crippen LogP contribution in [0.15, 0.2) is 72.8 Å². The van der Waals surface area contributed by atoms with Gasteiger partial charge in [-0.1, -0.05) is 36.4 Å². The number of para-hydroxylation sites is 2. The number of fused-ring (bicyclic) bond motifs is 2. The van der Waals surface area contributed by atoms with E-state index in [4.69, 9.17) is 10.7 Å². The molecule has 8 nitrogen and oxygen atoms in total. The maximum atomic E-state index is 12.1. The molecule has 3 aromatic carbocycles. The van der Waals surface area contributed by atoms with Gasteiger partial charge in [-0.05, 0) is 36.4 Å². The topological polar surface area (TPSA) is 126 Å². The quantitative estimate of drug-likeness (QED) is 0.330. The van der Waals surface area contributed by atoms with Crippen LogP contribution < -0.4 is 21.1 Å². The fourth-order valence-corrected chi connectivity index (χ4v) is 4.25. The molecule has 9 heteroatoms. The van der Waals surface area contributed by atoms with Crippen molar-refractivity contribution in [1.29, 1.82) is 0 Å². The zero-order valence-electron chi connectivity index (χ0n) is 16.5. The molecule has 0 bridgehead atoms. The van der Waals surface area contributed by atoms with Crippen LogP contribution >= 0.6 is 0 Å². The number of pyridine rings is 1. The fraction of sp³-hybridized carbons (Fsp3) is 0.0909. The SMILES string of the molecule is NC(=O)NCCS(=O)(=O)Nc1ccc(Nc2c3ccccc3nc3ccccc23)cc1. The second-order valence-corrected chi connectivity index (χ2v) is 8.78. The lowest BCUT2D eigenvalue weighted by Gasteiger charge is -2.14. The molecule has 0 atom stereocenters. The van der Waals surface area contributed by atoms with Gasteiger partial charge in [0.25, 0.3) is 0 Å². The van der Waals surface area contributed by atoms with Gasteiger partial charge in [0.1, 0.15) is 0 Å². The standard InChI is InChI=1S/C22H21N5O3S/c23-22(28)24-13-14-31(29,30)27-16-11-9-15(10-12-16)25-21-17-5-1-3-7-19(17)26-20-8-4-2-6-18(20)21/h1-12,27H,13-14H2,(H,25,26)(H3,23,24,28). The number of aromatic nitrogens is 1. The number of hydrogen-bond acceptors (Lipinski definition) is 5. The number of carbonyl (C=O) groups excluding carboxylic acids is 1. The molecule has 4 rings (SSSR count). The van der Waals surface area contributed by atoms with Crippen molar-refractivity contribution in [1.82, 2.24) is 10.3 Å². The number of nitrogens with two attached hydrogens (primary N) is 1. The minimum absolute atomic E-state index is 0.0630. The lowest BCUT2D eigenvalue weighted by atomic mass is 10.1. The third kappa shape index (κ3) is 4.84. The summed E-state index contributed by atoms with van der Waals surface area (Å²) in [6.07, 6.45) is 0. The number of amides is 2. The molecule has 1 heterocycles. The summed E-state index contributed by atoms with van der Waals surface area (Å²) in [5, 5.41) is 7.69. The molecule has 0 radical (unpaired) electrons. The van der Waals surface area contributed by atoms with Gasteiger partial charge in [0.15, 0.2) is 0 Å². The van der Waals surface area contributed by atoms with Crippen LogP contribution in [-0.4, -0.2) is 31.7 Å². The Morgan fingerprint density at radius 1 is 0.839 bits per heavy atom. The molecule has 158 valence electrons. The largest absolute Gasteiger partial charge is 0.354 e. The lowest BCUT2D eigenvalue weighted by Crippen LogP contribution is -2.34. The highest BCUT2D eigenvalue weighted by Gasteiger charge is 2.12. The van der Waals surface area contributed by atoms with Crippen molar-refractivity contribution in [2.24, 2.45) is 5.73 Å². The number of anilines is 3. The minimum Gasteiger partial charge on any atom is -0.354 e. The molecule has 0 spiro atoms. The highest BCUT2D eigenvalue weighted by molar-refractivity contribution is 7.92. The van der Waals surface area contributed by atoms with Crippen LogP contribution in [0.25, 0.3) is 21.8 Å². The molecule has 5 N–H and O–H groups in total. The number of carbonyl (C=O) groups is 1. The molecule has 0 aliphatic heterocycles. The van der Waals surface area contributed by atoms with Gasteiger partial charge >= 0.3 is 6.03 Å². The van der Waals surface area contributed by atoms with Crippen LogP contribution in [0.4, 0.5) is 21.9 Å². The molecular weight excluding hydrogens is 414 g/mol. The third-order valence-corrected chi connectivity index (χ3v) is 5.97. The monoisotopic (exact) mass is 435 g/mol. The summed E-state index contributed by atoms with van der Waals surface area (Å²) < 4.78 is 26.7. The molecule has 0 aliphatic rings. The molecule has 31 heavy (non-hydrogen) atoms. The molecule has 0 unspecified atom stereocenters. The summed E-state index contributed by atoms with van der Waals surface area (Å²) in [5.41, 5.74) is 8.89. The molecule has 1 aromatic heterocycles. The van der Waals surface area contributed by atoms with Crippen molar-refractivity contribution in [3.05, 3.63) is 72.8 Å². The van der Waals surface area contributed by atoms with E-state index in [1.165, 1.54) is 0 Å². The maximum Gasteiger partial charge on any atom is 0.312 e. The fourth-order valence-electron chi connectivity index (χ4n) is 3.28. The van der Waals surface area contributed by atoms with E-state index in [1.807, 2.05) is 48.5 Å². The number of sulfonamides is 1. The van der Waals surface area contributed by atoms with Crippen molar-refractivity contribution >= 4 is 54.9 Å². The van der Waals surface area contributed by atoms with Gasteiger partial charge in [0.2, 0.25) is 10.0 Å². The molecule has 0 saturated heterocycles. The Hall–Kier alpha value is -3.85. The van der Waals surface area contributed by atoms with Gasteiger partial charge in [0.05, 0.1) is 22.5 Å². The van der Waals surface area contributed by atoms with E-state index in [0.717, 1.165) is 33.2 Å². The van der Waals surface area contributed by atoms with Crippen LogP contribution in [0.5, 0.6) is 0 Å². The Morgan fingerprint density at radius 3 is 1.97 bits per heavy atom. The first kappa shape index (κ1) is 20.4. The predicted octanol–water partition coefficient (Wildman–Crippen LogP) is 3.54. The number of benzene rings is 3. The summed E-state index contributed by atoms with van der Waals surface area (Å²) in [4.78, 5) is 15.4.